The van der Waals surface area contributed by atoms with Gasteiger partial charge in [-0.05, 0) is 37.3 Å². The molecule has 0 radical (unpaired) electrons. The minimum Gasteiger partial charge on any atom is -0.384 e. The largest absolute Gasteiger partial charge is 0.384 e. The molecule has 1 aromatic rings. The number of piperidine rings is 1. The molecule has 4 amide bonds. The van der Waals surface area contributed by atoms with Crippen LogP contribution in [-0.4, -0.2) is 41.1 Å². The second-order valence-electron chi connectivity index (χ2n) is 8.27. The highest BCUT2D eigenvalue weighted by Gasteiger charge is 2.45. The summed E-state index contributed by atoms with van der Waals surface area (Å²) in [5.41, 5.74) is 1.31. The topological polar surface area (TPSA) is 95.6 Å². The zero-order valence-corrected chi connectivity index (χ0v) is 16.5. The Morgan fingerprint density at radius 3 is 2.38 bits per heavy atom. The lowest BCUT2D eigenvalue weighted by Gasteiger charge is -2.27. The van der Waals surface area contributed by atoms with Gasteiger partial charge in [-0.2, -0.15) is 0 Å². The quantitative estimate of drug-likeness (QED) is 0.762. The minimum atomic E-state index is -0.932. The molecule has 1 saturated carbocycles. The van der Waals surface area contributed by atoms with E-state index in [9.17, 15) is 19.2 Å². The van der Waals surface area contributed by atoms with Gasteiger partial charge in [0.1, 0.15) is 6.04 Å². The summed E-state index contributed by atoms with van der Waals surface area (Å²) >= 11 is 0. The molecule has 3 aliphatic rings. The summed E-state index contributed by atoms with van der Waals surface area (Å²) in [5, 5.41) is 5.63. The Morgan fingerprint density at radius 2 is 1.66 bits per heavy atom. The van der Waals surface area contributed by atoms with Crippen LogP contribution < -0.4 is 10.6 Å². The van der Waals surface area contributed by atoms with Crippen molar-refractivity contribution in [1.29, 1.82) is 0 Å². The zero-order chi connectivity index (χ0) is 20.4. The van der Waals surface area contributed by atoms with Gasteiger partial charge in [0.15, 0.2) is 0 Å². The van der Waals surface area contributed by atoms with E-state index in [0.29, 0.717) is 22.7 Å². The van der Waals surface area contributed by atoms with E-state index in [1.807, 2.05) is 6.07 Å². The molecular formula is C22H27N3O4. The fourth-order valence-electron chi connectivity index (χ4n) is 4.66. The molecule has 0 aromatic heterocycles. The molecule has 7 nitrogen and oxygen atoms in total. The van der Waals surface area contributed by atoms with Crippen molar-refractivity contribution in [2.45, 2.75) is 63.8 Å². The van der Waals surface area contributed by atoms with Gasteiger partial charge in [0.05, 0.1) is 11.1 Å². The number of rotatable bonds is 4. The van der Waals surface area contributed by atoms with Crippen molar-refractivity contribution >= 4 is 29.3 Å². The third kappa shape index (κ3) is 3.91. The molecule has 7 heteroatoms. The highest BCUT2D eigenvalue weighted by Crippen LogP contribution is 2.33. The maximum absolute atomic E-state index is 13.1. The van der Waals surface area contributed by atoms with Crippen LogP contribution in [-0.2, 0) is 9.59 Å². The Balaban J connectivity index is 1.51. The van der Waals surface area contributed by atoms with E-state index in [4.69, 9.17) is 0 Å². The smallest absolute Gasteiger partial charge is 0.264 e. The number of carbonyl (C=O) groups is 4. The number of imide groups is 2. The highest BCUT2D eigenvalue weighted by molar-refractivity contribution is 6.25. The van der Waals surface area contributed by atoms with Crippen molar-refractivity contribution in [1.82, 2.24) is 10.2 Å². The highest BCUT2D eigenvalue weighted by atomic mass is 16.2. The van der Waals surface area contributed by atoms with Crippen molar-refractivity contribution in [3.05, 3.63) is 29.3 Å². The average molecular weight is 397 g/mol. The summed E-state index contributed by atoms with van der Waals surface area (Å²) in [6.07, 6.45) is 9.00. The Labute approximate surface area is 170 Å². The van der Waals surface area contributed by atoms with Gasteiger partial charge in [0.25, 0.3) is 11.8 Å². The van der Waals surface area contributed by atoms with Gasteiger partial charge in [-0.25, -0.2) is 0 Å². The van der Waals surface area contributed by atoms with Gasteiger partial charge < -0.3 is 5.32 Å². The van der Waals surface area contributed by atoms with E-state index in [2.05, 4.69) is 10.6 Å². The Kier molecular flexibility index (Phi) is 5.65. The Hall–Kier alpha value is -2.70. The van der Waals surface area contributed by atoms with Crippen LogP contribution in [0, 0.1) is 5.92 Å². The molecule has 1 aromatic carbocycles. The molecule has 1 aliphatic carbocycles. The Morgan fingerprint density at radius 1 is 0.931 bits per heavy atom. The number of fused-ring (bicyclic) bond motifs is 1. The number of carbonyl (C=O) groups excluding carboxylic acids is 4. The summed E-state index contributed by atoms with van der Waals surface area (Å²) in [5.74, 6) is -1.32. The van der Waals surface area contributed by atoms with Crippen LogP contribution in [0.4, 0.5) is 5.69 Å². The van der Waals surface area contributed by atoms with Crippen molar-refractivity contribution in [2.24, 2.45) is 5.92 Å². The first-order chi connectivity index (χ1) is 14.1. The molecule has 154 valence electrons. The average Bonchev–Trinajstić information content (AvgIpc) is 2.93. The van der Waals surface area contributed by atoms with E-state index in [-0.39, 0.29) is 18.7 Å². The summed E-state index contributed by atoms with van der Waals surface area (Å²) < 4.78 is 0. The predicted octanol–water partition coefficient (Wildman–Crippen LogP) is 2.86. The van der Waals surface area contributed by atoms with Gasteiger partial charge in [-0.15, -0.1) is 0 Å². The number of nitrogens with zero attached hydrogens (tertiary/aromatic N) is 1. The van der Waals surface area contributed by atoms with Crippen molar-refractivity contribution < 1.29 is 19.2 Å². The third-order valence-electron chi connectivity index (χ3n) is 6.27. The first-order valence-electron chi connectivity index (χ1n) is 10.6. The number of anilines is 1. The summed E-state index contributed by atoms with van der Waals surface area (Å²) in [6.45, 7) is 0.774. The number of benzene rings is 1. The second kappa shape index (κ2) is 8.35. The van der Waals surface area contributed by atoms with E-state index in [0.717, 1.165) is 11.4 Å². The molecule has 2 fully saturated rings. The van der Waals surface area contributed by atoms with Gasteiger partial charge >= 0.3 is 0 Å². The molecule has 1 unspecified atom stereocenters. The molecular weight excluding hydrogens is 370 g/mol. The lowest BCUT2D eigenvalue weighted by Crippen LogP contribution is -2.54. The molecule has 0 spiro atoms. The number of amides is 4. The maximum Gasteiger partial charge on any atom is 0.264 e. The number of nitrogens with one attached hydrogen (secondary N) is 2. The van der Waals surface area contributed by atoms with Crippen LogP contribution in [0.25, 0.3) is 0 Å². The SMILES string of the molecule is O=C1CCC(N2C(=O)c3cccc(NCC4CCCCCCC4)c3C2=O)C(=O)N1. The predicted molar refractivity (Wildman–Crippen MR) is 107 cm³/mol. The lowest BCUT2D eigenvalue weighted by molar-refractivity contribution is -0.136. The van der Waals surface area contributed by atoms with Gasteiger partial charge in [-0.1, -0.05) is 38.2 Å². The molecule has 29 heavy (non-hydrogen) atoms. The van der Waals surface area contributed by atoms with Crippen LogP contribution in [0.5, 0.6) is 0 Å². The first-order valence-corrected chi connectivity index (χ1v) is 10.6. The van der Waals surface area contributed by atoms with Gasteiger partial charge in [0, 0.05) is 18.7 Å². The molecule has 4 rings (SSSR count). The molecule has 1 atom stereocenters. The van der Waals surface area contributed by atoms with Crippen LogP contribution in [0.2, 0.25) is 0 Å². The monoisotopic (exact) mass is 397 g/mol. The normalized spacial score (nSPS) is 23.4. The first kappa shape index (κ1) is 19.6. The van der Waals surface area contributed by atoms with Crippen LogP contribution in [0.3, 0.4) is 0 Å². The fraction of sp³-hybridized carbons (Fsp3) is 0.545. The van der Waals surface area contributed by atoms with Crippen LogP contribution in [0.1, 0.15) is 78.5 Å². The van der Waals surface area contributed by atoms with E-state index < -0.39 is 23.8 Å². The van der Waals surface area contributed by atoms with E-state index in [1.165, 1.54) is 44.9 Å². The fourth-order valence-corrected chi connectivity index (χ4v) is 4.66. The second-order valence-corrected chi connectivity index (χ2v) is 8.27. The summed E-state index contributed by atoms with van der Waals surface area (Å²) in [4.78, 5) is 50.7. The Bertz CT molecular complexity index is 842. The van der Waals surface area contributed by atoms with Crippen molar-refractivity contribution in [3.8, 4) is 0 Å². The lowest BCUT2D eigenvalue weighted by atomic mass is 9.91. The summed E-state index contributed by atoms with van der Waals surface area (Å²) in [7, 11) is 0. The zero-order valence-electron chi connectivity index (χ0n) is 16.5. The summed E-state index contributed by atoms with van der Waals surface area (Å²) in [6, 6.07) is 4.28. The standard InChI is InChI=1S/C22H27N3O4/c26-18-12-11-17(20(27)24-18)25-21(28)15-9-6-10-16(19(15)22(25)29)23-13-14-7-4-2-1-3-5-8-14/h6,9-10,14,17,23H,1-5,7-8,11-13H2,(H,24,26,27). The van der Waals surface area contributed by atoms with Gasteiger partial charge in [0.2, 0.25) is 11.8 Å². The number of hydrogen-bond donors (Lipinski definition) is 2. The van der Waals surface area contributed by atoms with Crippen LogP contribution in [0.15, 0.2) is 18.2 Å². The minimum absolute atomic E-state index is 0.122. The molecule has 2 aliphatic heterocycles. The van der Waals surface area contributed by atoms with E-state index >= 15 is 0 Å². The van der Waals surface area contributed by atoms with E-state index in [1.54, 1.807) is 12.1 Å². The molecule has 0 bridgehead atoms. The molecule has 1 saturated heterocycles. The van der Waals surface area contributed by atoms with Gasteiger partial charge in [-0.3, -0.25) is 29.4 Å². The third-order valence-corrected chi connectivity index (χ3v) is 6.27. The van der Waals surface area contributed by atoms with Crippen molar-refractivity contribution in [3.63, 3.8) is 0 Å². The van der Waals surface area contributed by atoms with Crippen molar-refractivity contribution in [2.75, 3.05) is 11.9 Å². The maximum atomic E-state index is 13.1. The van der Waals surface area contributed by atoms with Crippen LogP contribution >= 0.6 is 0 Å². The number of hydrogen-bond acceptors (Lipinski definition) is 5. The molecule has 2 N–H and O–H groups in total. The molecule has 2 heterocycles.